The number of benzene rings is 1. The van der Waals surface area contributed by atoms with E-state index < -0.39 is 5.60 Å². The van der Waals surface area contributed by atoms with E-state index in [1.54, 1.807) is 0 Å². The first kappa shape index (κ1) is 11.6. The summed E-state index contributed by atoms with van der Waals surface area (Å²) in [7, 11) is 0. The van der Waals surface area contributed by atoms with E-state index in [4.69, 9.17) is 9.47 Å². The second-order valence-corrected chi connectivity index (χ2v) is 6.22. The summed E-state index contributed by atoms with van der Waals surface area (Å²) in [4.78, 5) is 0. The molecular weight excluding hydrogens is 240 g/mol. The van der Waals surface area contributed by atoms with Gasteiger partial charge in [0.05, 0.1) is 18.8 Å². The van der Waals surface area contributed by atoms with Gasteiger partial charge in [0.15, 0.2) is 11.5 Å². The predicted molar refractivity (Wildman–Crippen MR) is 71.4 cm³/mol. The Labute approximate surface area is 113 Å². The summed E-state index contributed by atoms with van der Waals surface area (Å²) < 4.78 is 11.4. The summed E-state index contributed by atoms with van der Waals surface area (Å²) in [5.74, 6) is 2.76. The lowest BCUT2D eigenvalue weighted by atomic mass is 9.79. The van der Waals surface area contributed by atoms with Crippen molar-refractivity contribution in [1.29, 1.82) is 0 Å². The summed E-state index contributed by atoms with van der Waals surface area (Å²) in [6, 6.07) is 5.98. The minimum Gasteiger partial charge on any atom is -0.490 e. The molecule has 2 aliphatic carbocycles. The summed E-state index contributed by atoms with van der Waals surface area (Å²) in [6.45, 7) is 1.41. The smallest absolute Gasteiger partial charge is 0.161 e. The van der Waals surface area contributed by atoms with Gasteiger partial charge in [-0.2, -0.15) is 0 Å². The molecule has 2 saturated carbocycles. The Hall–Kier alpha value is -1.22. The zero-order valence-electron chi connectivity index (χ0n) is 11.1. The van der Waals surface area contributed by atoms with Gasteiger partial charge in [-0.15, -0.1) is 0 Å². The fourth-order valence-corrected chi connectivity index (χ4v) is 4.09. The average Bonchev–Trinajstić information content (AvgIpc) is 2.91. The van der Waals surface area contributed by atoms with Crippen LogP contribution in [0.1, 0.15) is 37.7 Å². The van der Waals surface area contributed by atoms with Gasteiger partial charge in [-0.3, -0.25) is 0 Å². The molecule has 4 rings (SSSR count). The Balaban J connectivity index is 1.70. The number of rotatable bonds is 1. The van der Waals surface area contributed by atoms with E-state index in [1.165, 1.54) is 12.8 Å². The van der Waals surface area contributed by atoms with E-state index in [0.717, 1.165) is 36.3 Å². The second-order valence-electron chi connectivity index (χ2n) is 6.22. The van der Waals surface area contributed by atoms with Crippen LogP contribution in [0.15, 0.2) is 18.2 Å². The van der Waals surface area contributed by atoms with Crippen LogP contribution in [0.5, 0.6) is 11.5 Å². The van der Waals surface area contributed by atoms with Crippen LogP contribution in [0, 0.1) is 11.8 Å². The largest absolute Gasteiger partial charge is 0.490 e. The highest BCUT2D eigenvalue weighted by Crippen LogP contribution is 2.56. The SMILES string of the molecule is OC1(c2ccc3c(c2)OCCCO3)CC2CCC1C2. The van der Waals surface area contributed by atoms with Crippen LogP contribution in [0.3, 0.4) is 0 Å². The molecule has 3 nitrogen and oxygen atoms in total. The Morgan fingerprint density at radius 2 is 1.95 bits per heavy atom. The highest BCUT2D eigenvalue weighted by Gasteiger charge is 2.51. The van der Waals surface area contributed by atoms with Gasteiger partial charge in [-0.1, -0.05) is 6.07 Å². The molecule has 0 radical (unpaired) electrons. The molecule has 0 spiro atoms. The summed E-state index contributed by atoms with van der Waals surface area (Å²) in [6.07, 6.45) is 5.47. The van der Waals surface area contributed by atoms with E-state index in [1.807, 2.05) is 18.2 Å². The maximum Gasteiger partial charge on any atom is 0.161 e. The number of aliphatic hydroxyl groups is 1. The molecule has 19 heavy (non-hydrogen) atoms. The quantitative estimate of drug-likeness (QED) is 0.844. The van der Waals surface area contributed by atoms with Crippen molar-refractivity contribution in [2.24, 2.45) is 11.8 Å². The molecule has 0 aromatic heterocycles. The van der Waals surface area contributed by atoms with Crippen LogP contribution in [0.2, 0.25) is 0 Å². The van der Waals surface area contributed by atoms with E-state index in [-0.39, 0.29) is 0 Å². The normalized spacial score (nSPS) is 36.3. The summed E-state index contributed by atoms with van der Waals surface area (Å²) in [5.41, 5.74) is 0.386. The number of fused-ring (bicyclic) bond motifs is 3. The molecule has 3 unspecified atom stereocenters. The van der Waals surface area contributed by atoms with Crippen LogP contribution in [-0.4, -0.2) is 18.3 Å². The van der Waals surface area contributed by atoms with Crippen LogP contribution < -0.4 is 9.47 Å². The standard InChI is InChI=1S/C16H20O3/c17-16(10-11-2-3-12(16)8-11)13-4-5-14-15(9-13)19-7-1-6-18-14/h4-5,9,11-12,17H,1-3,6-8,10H2. The van der Waals surface area contributed by atoms with Crippen molar-refractivity contribution < 1.29 is 14.6 Å². The highest BCUT2D eigenvalue weighted by molar-refractivity contribution is 5.45. The third-order valence-electron chi connectivity index (χ3n) is 5.06. The molecule has 0 saturated heterocycles. The first-order valence-corrected chi connectivity index (χ1v) is 7.38. The van der Waals surface area contributed by atoms with Gasteiger partial charge in [0.1, 0.15) is 0 Å². The third kappa shape index (κ3) is 1.75. The van der Waals surface area contributed by atoms with Gasteiger partial charge in [-0.05, 0) is 55.2 Å². The molecular formula is C16H20O3. The molecule has 102 valence electrons. The zero-order valence-corrected chi connectivity index (χ0v) is 11.1. The van der Waals surface area contributed by atoms with Crippen molar-refractivity contribution in [3.8, 4) is 11.5 Å². The predicted octanol–water partition coefficient (Wildman–Crippen LogP) is 2.86. The van der Waals surface area contributed by atoms with Crippen LogP contribution in [-0.2, 0) is 5.60 Å². The van der Waals surface area contributed by atoms with Gasteiger partial charge in [0.25, 0.3) is 0 Å². The Morgan fingerprint density at radius 3 is 2.68 bits per heavy atom. The molecule has 3 heteroatoms. The average molecular weight is 260 g/mol. The Bertz CT molecular complexity index is 499. The fraction of sp³-hybridized carbons (Fsp3) is 0.625. The van der Waals surface area contributed by atoms with Gasteiger partial charge in [0.2, 0.25) is 0 Å². The molecule has 1 N–H and O–H groups in total. The fourth-order valence-electron chi connectivity index (χ4n) is 4.09. The molecule has 1 aliphatic heterocycles. The van der Waals surface area contributed by atoms with E-state index in [0.29, 0.717) is 25.0 Å². The third-order valence-corrected chi connectivity index (χ3v) is 5.06. The lowest BCUT2D eigenvalue weighted by molar-refractivity contribution is -0.0184. The van der Waals surface area contributed by atoms with Crippen molar-refractivity contribution in [2.45, 2.75) is 37.7 Å². The van der Waals surface area contributed by atoms with Crippen LogP contribution in [0.4, 0.5) is 0 Å². The van der Waals surface area contributed by atoms with E-state index in [2.05, 4.69) is 0 Å². The van der Waals surface area contributed by atoms with Crippen molar-refractivity contribution in [3.05, 3.63) is 23.8 Å². The first-order valence-electron chi connectivity index (χ1n) is 7.38. The second kappa shape index (κ2) is 4.14. The molecule has 1 heterocycles. The van der Waals surface area contributed by atoms with E-state index in [9.17, 15) is 5.11 Å². The maximum absolute atomic E-state index is 11.0. The molecule has 2 bridgehead atoms. The van der Waals surface area contributed by atoms with Gasteiger partial charge < -0.3 is 14.6 Å². The summed E-state index contributed by atoms with van der Waals surface area (Å²) in [5, 5.41) is 11.0. The maximum atomic E-state index is 11.0. The van der Waals surface area contributed by atoms with Crippen molar-refractivity contribution in [3.63, 3.8) is 0 Å². The van der Waals surface area contributed by atoms with Gasteiger partial charge in [0, 0.05) is 6.42 Å². The first-order chi connectivity index (χ1) is 9.25. The monoisotopic (exact) mass is 260 g/mol. The van der Waals surface area contributed by atoms with Crippen molar-refractivity contribution in [2.75, 3.05) is 13.2 Å². The topological polar surface area (TPSA) is 38.7 Å². The number of ether oxygens (including phenoxy) is 2. The van der Waals surface area contributed by atoms with Crippen LogP contribution >= 0.6 is 0 Å². The molecule has 3 atom stereocenters. The Kier molecular flexibility index (Phi) is 2.52. The molecule has 2 fully saturated rings. The molecule has 1 aromatic carbocycles. The minimum absolute atomic E-state index is 0.433. The lowest BCUT2D eigenvalue weighted by Gasteiger charge is -2.33. The zero-order chi connectivity index (χ0) is 12.9. The lowest BCUT2D eigenvalue weighted by Crippen LogP contribution is -2.32. The van der Waals surface area contributed by atoms with Crippen LogP contribution in [0.25, 0.3) is 0 Å². The van der Waals surface area contributed by atoms with Crippen molar-refractivity contribution >= 4 is 0 Å². The van der Waals surface area contributed by atoms with E-state index >= 15 is 0 Å². The van der Waals surface area contributed by atoms with Gasteiger partial charge >= 0.3 is 0 Å². The summed E-state index contributed by atoms with van der Waals surface area (Å²) >= 11 is 0. The number of hydrogen-bond donors (Lipinski definition) is 1. The molecule has 0 amide bonds. The minimum atomic E-state index is -0.631. The van der Waals surface area contributed by atoms with Crippen molar-refractivity contribution in [1.82, 2.24) is 0 Å². The number of hydrogen-bond acceptors (Lipinski definition) is 3. The van der Waals surface area contributed by atoms with Gasteiger partial charge in [-0.25, -0.2) is 0 Å². The highest BCUT2D eigenvalue weighted by atomic mass is 16.5. The molecule has 1 aromatic rings. The molecule has 3 aliphatic rings. The Morgan fingerprint density at radius 1 is 1.11 bits per heavy atom.